The van der Waals surface area contributed by atoms with Crippen LogP contribution in [-0.2, 0) is 22.8 Å². The van der Waals surface area contributed by atoms with Crippen molar-refractivity contribution < 1.29 is 28.6 Å². The number of anilines is 1. The van der Waals surface area contributed by atoms with Gasteiger partial charge < -0.3 is 14.2 Å². The predicted molar refractivity (Wildman–Crippen MR) is 165 cm³/mol. The molecule has 0 saturated carbocycles. The van der Waals surface area contributed by atoms with Crippen LogP contribution in [0.2, 0.25) is 10.0 Å². The summed E-state index contributed by atoms with van der Waals surface area (Å²) in [4.78, 5) is 39.6. The minimum absolute atomic E-state index is 0.194. The number of halogens is 2. The molecular weight excluding hydrogens is 591 g/mol. The highest BCUT2D eigenvalue weighted by molar-refractivity contribution is 6.39. The van der Waals surface area contributed by atoms with Gasteiger partial charge in [0.05, 0.1) is 12.8 Å². The van der Waals surface area contributed by atoms with Gasteiger partial charge in [-0.1, -0.05) is 65.2 Å². The Labute approximate surface area is 258 Å². The molecule has 0 atom stereocenters. The number of urea groups is 1. The third-order valence-electron chi connectivity index (χ3n) is 6.58. The molecule has 1 N–H and O–H groups in total. The largest absolute Gasteiger partial charge is 0.493 e. The molecule has 4 aromatic carbocycles. The van der Waals surface area contributed by atoms with Gasteiger partial charge in [0.25, 0.3) is 11.8 Å². The van der Waals surface area contributed by atoms with E-state index < -0.39 is 17.8 Å². The van der Waals surface area contributed by atoms with Crippen LogP contribution in [0.25, 0.3) is 6.08 Å². The number of nitrogens with one attached hydrogen (secondary N) is 1. The predicted octanol–water partition coefficient (Wildman–Crippen LogP) is 7.13. The minimum Gasteiger partial charge on any atom is -0.493 e. The molecule has 1 saturated heterocycles. The second-order valence-corrected chi connectivity index (χ2v) is 10.5. The number of aryl methyl sites for hydroxylation is 1. The van der Waals surface area contributed by atoms with Crippen molar-refractivity contribution in [2.45, 2.75) is 20.1 Å². The van der Waals surface area contributed by atoms with Crippen molar-refractivity contribution in [3.8, 4) is 17.2 Å². The van der Waals surface area contributed by atoms with E-state index in [1.165, 1.54) is 13.2 Å². The number of hydrogen-bond donors (Lipinski definition) is 1. The van der Waals surface area contributed by atoms with Gasteiger partial charge in [0.15, 0.2) is 11.5 Å². The van der Waals surface area contributed by atoms with Crippen molar-refractivity contribution in [3.63, 3.8) is 0 Å². The average Bonchev–Trinajstić information content (AvgIpc) is 2.98. The molecule has 0 unspecified atom stereocenters. The zero-order chi connectivity index (χ0) is 30.5. The normalized spacial score (nSPS) is 14.1. The van der Waals surface area contributed by atoms with Gasteiger partial charge in [-0.05, 0) is 72.7 Å². The topological polar surface area (TPSA) is 94.2 Å². The van der Waals surface area contributed by atoms with Crippen molar-refractivity contribution in [2.75, 3.05) is 12.0 Å². The number of carbonyl (C=O) groups excluding carboxylic acids is 3. The van der Waals surface area contributed by atoms with E-state index in [1.807, 2.05) is 31.2 Å². The van der Waals surface area contributed by atoms with Gasteiger partial charge in [-0.3, -0.25) is 14.9 Å². The Morgan fingerprint density at radius 2 is 1.63 bits per heavy atom. The number of amides is 4. The molecule has 4 aromatic rings. The molecule has 0 spiro atoms. The summed E-state index contributed by atoms with van der Waals surface area (Å²) in [5, 5.41) is 3.23. The molecular formula is C33H26Cl2N2O6. The zero-order valence-electron chi connectivity index (χ0n) is 23.2. The number of benzene rings is 4. The SMILES string of the molecule is COc1cc(/C=C2\C(=O)NC(=O)N(c3ccc(OCc4ccc(Cl)cc4Cl)cc3)C2=O)ccc1OCc1cccc(C)c1. The van der Waals surface area contributed by atoms with E-state index in [9.17, 15) is 14.4 Å². The quantitative estimate of drug-likeness (QED) is 0.159. The highest BCUT2D eigenvalue weighted by Crippen LogP contribution is 2.31. The molecule has 4 amide bonds. The van der Waals surface area contributed by atoms with Crippen LogP contribution in [0.15, 0.2) is 90.5 Å². The summed E-state index contributed by atoms with van der Waals surface area (Å²) in [6.07, 6.45) is 1.40. The first-order chi connectivity index (χ1) is 20.7. The molecule has 1 aliphatic rings. The van der Waals surface area contributed by atoms with Crippen LogP contribution in [-0.4, -0.2) is 25.0 Å². The summed E-state index contributed by atoms with van der Waals surface area (Å²) >= 11 is 12.1. The van der Waals surface area contributed by atoms with Crippen molar-refractivity contribution >= 4 is 52.8 Å². The fourth-order valence-corrected chi connectivity index (χ4v) is 4.87. The van der Waals surface area contributed by atoms with Crippen molar-refractivity contribution in [1.29, 1.82) is 0 Å². The molecule has 0 radical (unpaired) electrons. The Kier molecular flexibility index (Phi) is 8.99. The first kappa shape index (κ1) is 29.7. The van der Waals surface area contributed by atoms with Crippen LogP contribution < -0.4 is 24.4 Å². The molecule has 1 heterocycles. The first-order valence-electron chi connectivity index (χ1n) is 13.2. The summed E-state index contributed by atoms with van der Waals surface area (Å²) in [6, 6.07) is 23.6. The lowest BCUT2D eigenvalue weighted by Crippen LogP contribution is -2.54. The molecule has 0 aromatic heterocycles. The molecule has 5 rings (SSSR count). The third-order valence-corrected chi connectivity index (χ3v) is 7.17. The van der Waals surface area contributed by atoms with Crippen molar-refractivity contribution in [3.05, 3.63) is 123 Å². The van der Waals surface area contributed by atoms with Gasteiger partial charge in [0, 0.05) is 15.6 Å². The lowest BCUT2D eigenvalue weighted by molar-refractivity contribution is -0.122. The van der Waals surface area contributed by atoms with Gasteiger partial charge in [-0.15, -0.1) is 0 Å². The molecule has 0 bridgehead atoms. The summed E-state index contributed by atoms with van der Waals surface area (Å²) < 4.78 is 17.2. The van der Waals surface area contributed by atoms with Crippen LogP contribution in [0.1, 0.15) is 22.3 Å². The molecule has 0 aliphatic carbocycles. The smallest absolute Gasteiger partial charge is 0.335 e. The number of methoxy groups -OCH3 is 1. The standard InChI is InChI=1S/C33H26Cl2N2O6/c1-20-4-3-5-22(14-20)18-43-29-13-6-21(16-30(29)41-2)15-27-31(38)36-33(40)37(32(27)39)25-9-11-26(12-10-25)42-19-23-7-8-24(34)17-28(23)35/h3-17H,18-19H2,1-2H3,(H,36,38,40)/b27-15+. The number of rotatable bonds is 9. The zero-order valence-corrected chi connectivity index (χ0v) is 24.7. The molecule has 1 aliphatic heterocycles. The van der Waals surface area contributed by atoms with Crippen LogP contribution in [0.5, 0.6) is 17.2 Å². The van der Waals surface area contributed by atoms with E-state index >= 15 is 0 Å². The lowest BCUT2D eigenvalue weighted by atomic mass is 10.1. The Hall–Kier alpha value is -4.79. The highest BCUT2D eigenvalue weighted by atomic mass is 35.5. The van der Waals surface area contributed by atoms with Crippen molar-refractivity contribution in [2.24, 2.45) is 0 Å². The van der Waals surface area contributed by atoms with Gasteiger partial charge >= 0.3 is 6.03 Å². The number of barbiturate groups is 1. The van der Waals surface area contributed by atoms with E-state index in [4.69, 9.17) is 37.4 Å². The van der Waals surface area contributed by atoms with E-state index in [-0.39, 0.29) is 17.9 Å². The molecule has 218 valence electrons. The number of carbonyl (C=O) groups is 3. The van der Waals surface area contributed by atoms with Gasteiger partial charge in [0.2, 0.25) is 0 Å². The summed E-state index contributed by atoms with van der Waals surface area (Å²) in [5.74, 6) is -0.153. The molecule has 8 nitrogen and oxygen atoms in total. The third kappa shape index (κ3) is 6.99. The maximum absolute atomic E-state index is 13.4. The number of nitrogens with zero attached hydrogens (tertiary/aromatic N) is 1. The first-order valence-corrected chi connectivity index (χ1v) is 13.9. The summed E-state index contributed by atoms with van der Waals surface area (Å²) in [7, 11) is 1.50. The Balaban J connectivity index is 1.31. The fraction of sp³-hybridized carbons (Fsp3) is 0.121. The van der Waals surface area contributed by atoms with Gasteiger partial charge in [-0.25, -0.2) is 9.69 Å². The number of hydrogen-bond acceptors (Lipinski definition) is 6. The Morgan fingerprint density at radius 1 is 0.837 bits per heavy atom. The van der Waals surface area contributed by atoms with E-state index in [1.54, 1.807) is 60.7 Å². The maximum atomic E-state index is 13.4. The van der Waals surface area contributed by atoms with E-state index in [0.717, 1.165) is 21.6 Å². The van der Waals surface area contributed by atoms with Crippen LogP contribution >= 0.6 is 23.2 Å². The second-order valence-electron chi connectivity index (χ2n) is 9.66. The van der Waals surface area contributed by atoms with Crippen LogP contribution in [0.4, 0.5) is 10.5 Å². The second kappa shape index (κ2) is 13.0. The number of ether oxygens (including phenoxy) is 3. The van der Waals surface area contributed by atoms with Crippen LogP contribution in [0.3, 0.4) is 0 Å². The van der Waals surface area contributed by atoms with Gasteiger partial charge in [-0.2, -0.15) is 0 Å². The lowest BCUT2D eigenvalue weighted by Gasteiger charge is -2.26. The number of imide groups is 2. The fourth-order valence-electron chi connectivity index (χ4n) is 4.41. The summed E-state index contributed by atoms with van der Waals surface area (Å²) in [6.45, 7) is 2.54. The maximum Gasteiger partial charge on any atom is 0.335 e. The van der Waals surface area contributed by atoms with Crippen LogP contribution in [0, 0.1) is 6.92 Å². The Bertz CT molecular complexity index is 1740. The molecule has 43 heavy (non-hydrogen) atoms. The van der Waals surface area contributed by atoms with E-state index in [0.29, 0.717) is 39.5 Å². The monoisotopic (exact) mass is 616 g/mol. The summed E-state index contributed by atoms with van der Waals surface area (Å²) in [5.41, 5.74) is 3.44. The molecule has 1 fully saturated rings. The Morgan fingerprint density at radius 3 is 2.35 bits per heavy atom. The minimum atomic E-state index is -0.855. The highest BCUT2D eigenvalue weighted by Gasteiger charge is 2.36. The average molecular weight is 617 g/mol. The van der Waals surface area contributed by atoms with Crippen molar-refractivity contribution in [1.82, 2.24) is 5.32 Å². The van der Waals surface area contributed by atoms with Gasteiger partial charge in [0.1, 0.15) is 24.5 Å². The van der Waals surface area contributed by atoms with E-state index in [2.05, 4.69) is 5.32 Å². The molecule has 10 heteroatoms.